The fraction of sp³-hybridized carbons (Fsp3) is 0.0714. The van der Waals surface area contributed by atoms with Crippen LogP contribution in [-0.4, -0.2) is 17.3 Å². The molecule has 0 amide bonds. The molecule has 2 aromatic heterocycles. The first kappa shape index (κ1) is 14.8. The highest BCUT2D eigenvalue weighted by atomic mass is 19.2. The van der Waals surface area contributed by atoms with Crippen LogP contribution in [0, 0.1) is 17.5 Å². The molecule has 0 radical (unpaired) electrons. The van der Waals surface area contributed by atoms with E-state index in [4.69, 9.17) is 13.7 Å². The highest BCUT2D eigenvalue weighted by Crippen LogP contribution is 2.24. The Kier molecular flexibility index (Phi) is 3.61. The molecule has 0 spiro atoms. The Morgan fingerprint density at radius 1 is 1.13 bits per heavy atom. The predicted octanol–water partition coefficient (Wildman–Crippen LogP) is 2.78. The second kappa shape index (κ2) is 5.59. The van der Waals surface area contributed by atoms with Gasteiger partial charge in [-0.2, -0.15) is 4.98 Å². The Morgan fingerprint density at radius 3 is 2.43 bits per heavy atom. The molecule has 0 saturated heterocycles. The summed E-state index contributed by atoms with van der Waals surface area (Å²) < 4.78 is 54.1. The number of methoxy groups -OCH3 is 1. The van der Waals surface area contributed by atoms with E-state index in [1.807, 2.05) is 0 Å². The van der Waals surface area contributed by atoms with E-state index in [0.29, 0.717) is 0 Å². The molecule has 0 saturated carbocycles. The maximum Gasteiger partial charge on any atom is 0.294 e. The van der Waals surface area contributed by atoms with Crippen molar-refractivity contribution in [1.29, 1.82) is 0 Å². The van der Waals surface area contributed by atoms with Crippen molar-refractivity contribution in [3.05, 3.63) is 52.1 Å². The highest BCUT2D eigenvalue weighted by molar-refractivity contribution is 5.57. The lowest BCUT2D eigenvalue weighted by Crippen LogP contribution is -2.03. The average Bonchev–Trinajstić information content (AvgIpc) is 3.02. The summed E-state index contributed by atoms with van der Waals surface area (Å²) in [5, 5.41) is 3.51. The van der Waals surface area contributed by atoms with Crippen molar-refractivity contribution in [1.82, 2.24) is 10.1 Å². The predicted molar refractivity (Wildman–Crippen MR) is 70.1 cm³/mol. The molecule has 23 heavy (non-hydrogen) atoms. The first-order valence-electron chi connectivity index (χ1n) is 6.15. The van der Waals surface area contributed by atoms with Gasteiger partial charge in [0.05, 0.1) is 7.11 Å². The van der Waals surface area contributed by atoms with Crippen LogP contribution in [-0.2, 0) is 0 Å². The smallest absolute Gasteiger partial charge is 0.294 e. The molecule has 0 aliphatic carbocycles. The van der Waals surface area contributed by atoms with E-state index in [9.17, 15) is 18.0 Å². The standard InChI is InChI=1S/C14H7F3N2O4/c1-21-11-5-22-10(4-9(11)20)14-18-13(19-23-14)6-2-7(15)12(17)8(16)3-6/h2-5H,1H3. The zero-order valence-electron chi connectivity index (χ0n) is 11.5. The quantitative estimate of drug-likeness (QED) is 0.689. The molecule has 9 heteroatoms. The van der Waals surface area contributed by atoms with Crippen LogP contribution in [0.5, 0.6) is 5.75 Å². The van der Waals surface area contributed by atoms with Crippen LogP contribution >= 0.6 is 0 Å². The van der Waals surface area contributed by atoms with Crippen LogP contribution in [0.25, 0.3) is 23.0 Å². The molecule has 3 rings (SSSR count). The van der Waals surface area contributed by atoms with Crippen molar-refractivity contribution in [2.24, 2.45) is 0 Å². The minimum absolute atomic E-state index is 0.0174. The van der Waals surface area contributed by atoms with Gasteiger partial charge in [-0.1, -0.05) is 5.16 Å². The van der Waals surface area contributed by atoms with E-state index in [-0.39, 0.29) is 28.8 Å². The third kappa shape index (κ3) is 2.68. The summed E-state index contributed by atoms with van der Waals surface area (Å²) in [6.45, 7) is 0. The average molecular weight is 324 g/mol. The number of ether oxygens (including phenoxy) is 1. The van der Waals surface area contributed by atoms with Gasteiger partial charge in [-0.05, 0) is 12.1 Å². The van der Waals surface area contributed by atoms with Crippen molar-refractivity contribution in [2.45, 2.75) is 0 Å². The SMILES string of the molecule is COc1coc(-c2nc(-c3cc(F)c(F)c(F)c3)no2)cc1=O. The zero-order chi connectivity index (χ0) is 16.6. The third-order valence-corrected chi connectivity index (χ3v) is 2.90. The summed E-state index contributed by atoms with van der Waals surface area (Å²) in [7, 11) is 1.30. The molecule has 3 aromatic rings. The van der Waals surface area contributed by atoms with Crippen molar-refractivity contribution in [2.75, 3.05) is 7.11 Å². The topological polar surface area (TPSA) is 78.4 Å². The highest BCUT2D eigenvalue weighted by Gasteiger charge is 2.18. The van der Waals surface area contributed by atoms with E-state index >= 15 is 0 Å². The van der Waals surface area contributed by atoms with E-state index in [1.165, 1.54) is 7.11 Å². The molecular weight excluding hydrogens is 317 g/mol. The van der Waals surface area contributed by atoms with Crippen molar-refractivity contribution in [3.63, 3.8) is 0 Å². The van der Waals surface area contributed by atoms with E-state index in [1.54, 1.807) is 0 Å². The molecular formula is C14H7F3N2O4. The Morgan fingerprint density at radius 2 is 1.83 bits per heavy atom. The van der Waals surface area contributed by atoms with E-state index < -0.39 is 22.9 Å². The van der Waals surface area contributed by atoms with Crippen molar-refractivity contribution in [3.8, 4) is 28.8 Å². The van der Waals surface area contributed by atoms with Gasteiger partial charge in [0, 0.05) is 11.6 Å². The van der Waals surface area contributed by atoms with Gasteiger partial charge in [-0.15, -0.1) is 0 Å². The number of hydrogen-bond acceptors (Lipinski definition) is 6. The number of nitrogens with zero attached hydrogens (tertiary/aromatic N) is 2. The van der Waals surface area contributed by atoms with Gasteiger partial charge in [0.1, 0.15) is 6.26 Å². The van der Waals surface area contributed by atoms with Crippen LogP contribution in [0.4, 0.5) is 13.2 Å². The molecule has 6 nitrogen and oxygen atoms in total. The minimum Gasteiger partial charge on any atom is -0.490 e. The largest absolute Gasteiger partial charge is 0.490 e. The lowest BCUT2D eigenvalue weighted by atomic mass is 10.2. The second-order valence-electron chi connectivity index (χ2n) is 4.35. The molecule has 0 N–H and O–H groups in total. The van der Waals surface area contributed by atoms with Crippen LogP contribution in [0.2, 0.25) is 0 Å². The Hall–Kier alpha value is -3.10. The molecule has 118 valence electrons. The summed E-state index contributed by atoms with van der Waals surface area (Å²) in [6.07, 6.45) is 1.05. The number of halogens is 3. The van der Waals surface area contributed by atoms with Crippen LogP contribution in [0.15, 0.2) is 38.2 Å². The summed E-state index contributed by atoms with van der Waals surface area (Å²) in [4.78, 5) is 15.5. The number of hydrogen-bond donors (Lipinski definition) is 0. The number of aromatic nitrogens is 2. The van der Waals surface area contributed by atoms with Gasteiger partial charge in [0.15, 0.2) is 23.2 Å². The summed E-state index contributed by atoms with van der Waals surface area (Å²) in [6, 6.07) is 2.50. The van der Waals surface area contributed by atoms with Crippen LogP contribution in [0.1, 0.15) is 0 Å². The minimum atomic E-state index is -1.60. The Balaban J connectivity index is 2.01. The fourth-order valence-corrected chi connectivity index (χ4v) is 1.79. The first-order chi connectivity index (χ1) is 11.0. The molecule has 0 aliphatic rings. The molecule has 0 bridgehead atoms. The van der Waals surface area contributed by atoms with E-state index in [0.717, 1.165) is 24.5 Å². The molecule has 0 fully saturated rings. The number of benzene rings is 1. The maximum atomic E-state index is 13.2. The molecule has 2 heterocycles. The summed E-state index contributed by atoms with van der Waals surface area (Å²) in [5.74, 6) is -4.83. The monoisotopic (exact) mass is 324 g/mol. The second-order valence-corrected chi connectivity index (χ2v) is 4.35. The Labute approximate surface area is 126 Å². The van der Waals surface area contributed by atoms with Crippen LogP contribution < -0.4 is 10.2 Å². The van der Waals surface area contributed by atoms with Gasteiger partial charge in [0.2, 0.25) is 17.0 Å². The fourth-order valence-electron chi connectivity index (χ4n) is 1.79. The number of rotatable bonds is 3. The molecule has 1 aromatic carbocycles. The summed E-state index contributed by atoms with van der Waals surface area (Å²) >= 11 is 0. The van der Waals surface area contributed by atoms with Crippen molar-refractivity contribution < 1.29 is 26.8 Å². The van der Waals surface area contributed by atoms with Crippen LogP contribution in [0.3, 0.4) is 0 Å². The lowest BCUT2D eigenvalue weighted by Gasteiger charge is -1.98. The van der Waals surface area contributed by atoms with Gasteiger partial charge in [0.25, 0.3) is 5.89 Å². The molecule has 0 atom stereocenters. The lowest BCUT2D eigenvalue weighted by molar-refractivity contribution is 0.380. The van der Waals surface area contributed by atoms with Gasteiger partial charge in [-0.3, -0.25) is 4.79 Å². The van der Waals surface area contributed by atoms with E-state index in [2.05, 4.69) is 10.1 Å². The van der Waals surface area contributed by atoms with Gasteiger partial charge < -0.3 is 13.7 Å². The maximum absolute atomic E-state index is 13.2. The summed E-state index contributed by atoms with van der Waals surface area (Å²) in [5.41, 5.74) is -0.611. The first-order valence-corrected chi connectivity index (χ1v) is 6.15. The van der Waals surface area contributed by atoms with Gasteiger partial charge >= 0.3 is 0 Å². The van der Waals surface area contributed by atoms with Gasteiger partial charge in [-0.25, -0.2) is 13.2 Å². The Bertz CT molecular complexity index is 913. The zero-order valence-corrected chi connectivity index (χ0v) is 11.5. The normalized spacial score (nSPS) is 10.8. The third-order valence-electron chi connectivity index (χ3n) is 2.90. The molecule has 0 aliphatic heterocycles. The molecule has 0 unspecified atom stereocenters. The van der Waals surface area contributed by atoms with Crippen molar-refractivity contribution >= 4 is 0 Å².